The van der Waals surface area contributed by atoms with Crippen LogP contribution < -0.4 is 24.4 Å². The molecular weight excluding hydrogens is 444 g/mol. The van der Waals surface area contributed by atoms with Gasteiger partial charge in [-0.2, -0.15) is 0 Å². The van der Waals surface area contributed by atoms with Gasteiger partial charge in [-0.3, -0.25) is 9.59 Å². The smallest absolute Gasteiger partial charge is 0.265 e. The number of amides is 2. The highest BCUT2D eigenvalue weighted by molar-refractivity contribution is 6.05. The topological polar surface area (TPSA) is 77.1 Å². The summed E-state index contributed by atoms with van der Waals surface area (Å²) in [6.45, 7) is 6.99. The molecule has 1 aliphatic heterocycles. The van der Waals surface area contributed by atoms with Crippen LogP contribution >= 0.6 is 0 Å². The van der Waals surface area contributed by atoms with Crippen LogP contribution in [0.25, 0.3) is 0 Å². The van der Waals surface area contributed by atoms with Crippen LogP contribution in [0.4, 0.5) is 11.4 Å². The number of carbonyl (C=O) groups is 2. The maximum atomic E-state index is 12.8. The van der Waals surface area contributed by atoms with E-state index in [1.54, 1.807) is 30.2 Å². The number of anilines is 2. The first-order valence-electron chi connectivity index (χ1n) is 11.5. The normalized spacial score (nSPS) is 13.0. The van der Waals surface area contributed by atoms with Crippen LogP contribution in [-0.4, -0.2) is 38.7 Å². The summed E-state index contributed by atoms with van der Waals surface area (Å²) in [6.07, 6.45) is 0. The molecule has 1 heterocycles. The summed E-state index contributed by atoms with van der Waals surface area (Å²) >= 11 is 0. The van der Waals surface area contributed by atoms with Crippen LogP contribution in [-0.2, 0) is 10.2 Å². The molecule has 7 heteroatoms. The Kier molecular flexibility index (Phi) is 6.96. The molecule has 0 saturated carbocycles. The van der Waals surface area contributed by atoms with Crippen molar-refractivity contribution in [3.8, 4) is 17.2 Å². The molecule has 182 valence electrons. The molecule has 0 unspecified atom stereocenters. The molecule has 0 aromatic heterocycles. The Bertz CT molecular complexity index is 1200. The zero-order valence-corrected chi connectivity index (χ0v) is 20.5. The second-order valence-corrected chi connectivity index (χ2v) is 9.32. The van der Waals surface area contributed by atoms with Crippen molar-refractivity contribution in [2.45, 2.75) is 26.2 Å². The van der Waals surface area contributed by atoms with Crippen molar-refractivity contribution in [1.29, 1.82) is 0 Å². The number of benzene rings is 3. The van der Waals surface area contributed by atoms with E-state index in [0.717, 1.165) is 11.3 Å². The van der Waals surface area contributed by atoms with E-state index in [4.69, 9.17) is 14.2 Å². The van der Waals surface area contributed by atoms with E-state index in [9.17, 15) is 9.59 Å². The highest BCUT2D eigenvalue weighted by Crippen LogP contribution is 2.34. The summed E-state index contributed by atoms with van der Waals surface area (Å²) in [5, 5.41) is 2.92. The zero-order valence-electron chi connectivity index (χ0n) is 20.5. The molecule has 1 aliphatic rings. The molecule has 0 bridgehead atoms. The van der Waals surface area contributed by atoms with Gasteiger partial charge < -0.3 is 24.4 Å². The second-order valence-electron chi connectivity index (χ2n) is 9.32. The summed E-state index contributed by atoms with van der Waals surface area (Å²) < 4.78 is 16.5. The molecule has 0 saturated heterocycles. The third-order valence-electron chi connectivity index (χ3n) is 5.82. The van der Waals surface area contributed by atoms with E-state index in [1.807, 2.05) is 48.5 Å². The van der Waals surface area contributed by atoms with Gasteiger partial charge in [-0.25, -0.2) is 0 Å². The summed E-state index contributed by atoms with van der Waals surface area (Å²) in [7, 11) is 1.61. The minimum Gasteiger partial charge on any atom is -0.497 e. The van der Waals surface area contributed by atoms with Crippen molar-refractivity contribution in [2.24, 2.45) is 0 Å². The number of carbonyl (C=O) groups excluding carboxylic acids is 2. The Labute approximate surface area is 205 Å². The fourth-order valence-corrected chi connectivity index (χ4v) is 3.78. The Hall–Kier alpha value is -4.00. The van der Waals surface area contributed by atoms with E-state index >= 15 is 0 Å². The predicted molar refractivity (Wildman–Crippen MR) is 136 cm³/mol. The van der Waals surface area contributed by atoms with Crippen molar-refractivity contribution in [1.82, 2.24) is 0 Å². The molecule has 1 N–H and O–H groups in total. The molecular formula is C28H30N2O5. The van der Waals surface area contributed by atoms with E-state index in [2.05, 4.69) is 26.1 Å². The minimum atomic E-state index is -0.220. The molecule has 2 amide bonds. The molecule has 0 aliphatic carbocycles. The van der Waals surface area contributed by atoms with Crippen molar-refractivity contribution in [2.75, 3.05) is 37.1 Å². The van der Waals surface area contributed by atoms with Crippen LogP contribution in [0.15, 0.2) is 66.7 Å². The van der Waals surface area contributed by atoms with Gasteiger partial charge in [0.25, 0.3) is 11.8 Å². The lowest BCUT2D eigenvalue weighted by molar-refractivity contribution is -0.121. The van der Waals surface area contributed by atoms with Gasteiger partial charge in [0, 0.05) is 11.3 Å². The van der Waals surface area contributed by atoms with E-state index in [1.165, 1.54) is 0 Å². The number of rotatable bonds is 7. The number of ether oxygens (including phenoxy) is 3. The lowest BCUT2D eigenvalue weighted by Gasteiger charge is -2.29. The Balaban J connectivity index is 1.44. The molecule has 3 aromatic rings. The Morgan fingerprint density at radius 2 is 1.69 bits per heavy atom. The summed E-state index contributed by atoms with van der Waals surface area (Å²) in [6, 6.07) is 20.1. The summed E-state index contributed by atoms with van der Waals surface area (Å²) in [5.41, 5.74) is 2.91. The van der Waals surface area contributed by atoms with Gasteiger partial charge in [0.15, 0.2) is 6.61 Å². The fraction of sp³-hybridized carbons (Fsp3) is 0.286. The van der Waals surface area contributed by atoms with Gasteiger partial charge in [-0.1, -0.05) is 32.9 Å². The molecule has 0 fully saturated rings. The first kappa shape index (κ1) is 24.1. The van der Waals surface area contributed by atoms with Gasteiger partial charge in [0.1, 0.15) is 23.9 Å². The van der Waals surface area contributed by atoms with Crippen LogP contribution in [0.5, 0.6) is 17.2 Å². The molecule has 0 radical (unpaired) electrons. The Morgan fingerprint density at radius 3 is 2.34 bits per heavy atom. The van der Waals surface area contributed by atoms with E-state index < -0.39 is 0 Å². The standard InChI is InChI=1S/C28H30N2O5/c1-28(2,3)20-7-5-19(6-8-20)27(32)29-21-9-14-25-24(17-21)30(26(31)18-35-25)15-16-34-23-12-10-22(33-4)11-13-23/h5-14,17H,15-16,18H2,1-4H3,(H,29,32). The van der Waals surface area contributed by atoms with Gasteiger partial charge in [0.05, 0.1) is 19.3 Å². The molecule has 0 spiro atoms. The van der Waals surface area contributed by atoms with Crippen molar-refractivity contribution >= 4 is 23.2 Å². The highest BCUT2D eigenvalue weighted by atomic mass is 16.5. The van der Waals surface area contributed by atoms with E-state index in [-0.39, 0.29) is 23.8 Å². The number of nitrogens with zero attached hydrogens (tertiary/aromatic N) is 1. The third-order valence-corrected chi connectivity index (χ3v) is 5.82. The van der Waals surface area contributed by atoms with Crippen molar-refractivity contribution in [3.63, 3.8) is 0 Å². The number of fused-ring (bicyclic) bond motifs is 1. The first-order valence-corrected chi connectivity index (χ1v) is 11.5. The lowest BCUT2D eigenvalue weighted by atomic mass is 9.87. The monoisotopic (exact) mass is 474 g/mol. The number of methoxy groups -OCH3 is 1. The summed E-state index contributed by atoms with van der Waals surface area (Å²) in [4.78, 5) is 27.0. The SMILES string of the molecule is COc1ccc(OCCN2C(=O)COc3ccc(NC(=O)c4ccc(C(C)(C)C)cc4)cc32)cc1. The fourth-order valence-electron chi connectivity index (χ4n) is 3.78. The minimum absolute atomic E-state index is 0.0145. The maximum Gasteiger partial charge on any atom is 0.265 e. The number of hydrogen-bond acceptors (Lipinski definition) is 5. The summed E-state index contributed by atoms with van der Waals surface area (Å²) in [5.74, 6) is 1.63. The van der Waals surface area contributed by atoms with Gasteiger partial charge in [0.2, 0.25) is 0 Å². The van der Waals surface area contributed by atoms with Crippen molar-refractivity contribution < 1.29 is 23.8 Å². The zero-order chi connectivity index (χ0) is 25.0. The molecule has 7 nitrogen and oxygen atoms in total. The average molecular weight is 475 g/mol. The van der Waals surface area contributed by atoms with Crippen LogP contribution in [0.3, 0.4) is 0 Å². The highest BCUT2D eigenvalue weighted by Gasteiger charge is 2.26. The average Bonchev–Trinajstić information content (AvgIpc) is 2.85. The number of hydrogen-bond donors (Lipinski definition) is 1. The van der Waals surface area contributed by atoms with Crippen molar-refractivity contribution in [3.05, 3.63) is 77.9 Å². The largest absolute Gasteiger partial charge is 0.497 e. The van der Waals surface area contributed by atoms with Crippen LogP contribution in [0.1, 0.15) is 36.7 Å². The first-order chi connectivity index (χ1) is 16.7. The third kappa shape index (κ3) is 5.74. The number of nitrogens with one attached hydrogen (secondary N) is 1. The van der Waals surface area contributed by atoms with Crippen LogP contribution in [0, 0.1) is 0 Å². The quantitative estimate of drug-likeness (QED) is 0.519. The molecule has 35 heavy (non-hydrogen) atoms. The molecule has 0 atom stereocenters. The molecule has 4 rings (SSSR count). The molecule has 3 aromatic carbocycles. The second kappa shape index (κ2) is 10.1. The maximum absolute atomic E-state index is 12.8. The van der Waals surface area contributed by atoms with Gasteiger partial charge in [-0.05, 0) is 65.6 Å². The lowest BCUT2D eigenvalue weighted by Crippen LogP contribution is -2.41. The van der Waals surface area contributed by atoms with Gasteiger partial charge >= 0.3 is 0 Å². The van der Waals surface area contributed by atoms with E-state index in [0.29, 0.717) is 41.6 Å². The predicted octanol–water partition coefficient (Wildman–Crippen LogP) is 5.05. The Morgan fingerprint density at radius 1 is 1.00 bits per heavy atom. The van der Waals surface area contributed by atoms with Gasteiger partial charge in [-0.15, -0.1) is 0 Å². The van der Waals surface area contributed by atoms with Crippen LogP contribution in [0.2, 0.25) is 0 Å².